The van der Waals surface area contributed by atoms with E-state index in [9.17, 15) is 8.42 Å². The lowest BCUT2D eigenvalue weighted by Crippen LogP contribution is -2.52. The van der Waals surface area contributed by atoms with Gasteiger partial charge in [-0.25, -0.2) is 8.42 Å². The molecule has 6 nitrogen and oxygen atoms in total. The van der Waals surface area contributed by atoms with Crippen LogP contribution in [0.5, 0.6) is 0 Å². The lowest BCUT2D eigenvalue weighted by Gasteiger charge is -2.32. The van der Waals surface area contributed by atoms with E-state index in [1.807, 2.05) is 6.92 Å². The summed E-state index contributed by atoms with van der Waals surface area (Å²) in [4.78, 5) is 0.314. The Morgan fingerprint density at radius 2 is 2.24 bits per heavy atom. The first-order valence-electron chi connectivity index (χ1n) is 5.65. The van der Waals surface area contributed by atoms with Gasteiger partial charge in [0.2, 0.25) is 10.0 Å². The third-order valence-electron chi connectivity index (χ3n) is 3.22. The lowest BCUT2D eigenvalue weighted by molar-refractivity contribution is 0.283. The van der Waals surface area contributed by atoms with E-state index in [0.29, 0.717) is 30.2 Å². The molecule has 1 N–H and O–H groups in total. The van der Waals surface area contributed by atoms with Crippen molar-refractivity contribution in [3.8, 4) is 0 Å². The molecule has 0 aromatic carbocycles. The zero-order chi connectivity index (χ0) is 12.6. The summed E-state index contributed by atoms with van der Waals surface area (Å²) in [6, 6.07) is -0.0200. The highest BCUT2D eigenvalue weighted by molar-refractivity contribution is 7.89. The molecule has 1 aromatic rings. The van der Waals surface area contributed by atoms with E-state index in [1.165, 1.54) is 6.20 Å². The number of aromatic nitrogens is 2. The Bertz CT molecular complexity index is 508. The van der Waals surface area contributed by atoms with Gasteiger partial charge in [-0.2, -0.15) is 9.40 Å². The van der Waals surface area contributed by atoms with E-state index in [-0.39, 0.29) is 6.04 Å². The first-order chi connectivity index (χ1) is 7.94. The van der Waals surface area contributed by atoms with Crippen molar-refractivity contribution < 1.29 is 8.42 Å². The quantitative estimate of drug-likeness (QED) is 0.791. The summed E-state index contributed by atoms with van der Waals surface area (Å²) in [7, 11) is -1.67. The summed E-state index contributed by atoms with van der Waals surface area (Å²) in [6.07, 6.45) is 1.43. The van der Waals surface area contributed by atoms with Crippen molar-refractivity contribution in [3.05, 3.63) is 11.9 Å². The smallest absolute Gasteiger partial charge is 0.246 e. The second-order valence-electron chi connectivity index (χ2n) is 4.39. The van der Waals surface area contributed by atoms with Crippen LogP contribution >= 0.6 is 0 Å². The van der Waals surface area contributed by atoms with Gasteiger partial charge >= 0.3 is 0 Å². The molecular formula is C10H18N4O2S. The van der Waals surface area contributed by atoms with Gasteiger partial charge in [0.05, 0.1) is 11.9 Å². The van der Waals surface area contributed by atoms with E-state index in [4.69, 9.17) is 0 Å². The van der Waals surface area contributed by atoms with Crippen molar-refractivity contribution in [1.82, 2.24) is 19.4 Å². The van der Waals surface area contributed by atoms with Crippen molar-refractivity contribution in [2.75, 3.05) is 19.6 Å². The molecule has 0 aliphatic carbocycles. The molecule has 0 bridgehead atoms. The molecular weight excluding hydrogens is 240 g/mol. The van der Waals surface area contributed by atoms with Gasteiger partial charge in [0.25, 0.3) is 0 Å². The number of piperazine rings is 1. The summed E-state index contributed by atoms with van der Waals surface area (Å²) in [6.45, 7) is 5.58. The number of nitrogens with zero attached hydrogens (tertiary/aromatic N) is 3. The minimum absolute atomic E-state index is 0.0200. The topological polar surface area (TPSA) is 67.2 Å². The molecule has 0 amide bonds. The third-order valence-corrected chi connectivity index (χ3v) is 5.33. The van der Waals surface area contributed by atoms with Crippen LogP contribution in [0.2, 0.25) is 0 Å². The van der Waals surface area contributed by atoms with Gasteiger partial charge in [0, 0.05) is 32.7 Å². The molecule has 7 heteroatoms. The number of hydrogen-bond acceptors (Lipinski definition) is 4. The van der Waals surface area contributed by atoms with Gasteiger partial charge in [-0.3, -0.25) is 4.68 Å². The highest BCUT2D eigenvalue weighted by Crippen LogP contribution is 2.21. The zero-order valence-corrected chi connectivity index (χ0v) is 11.2. The van der Waals surface area contributed by atoms with E-state index in [1.54, 1.807) is 23.0 Å². The zero-order valence-electron chi connectivity index (χ0n) is 10.3. The molecule has 0 radical (unpaired) electrons. The van der Waals surface area contributed by atoms with Gasteiger partial charge in [0.15, 0.2) is 0 Å². The number of aryl methyl sites for hydroxylation is 1. The van der Waals surface area contributed by atoms with Gasteiger partial charge in [-0.05, 0) is 13.8 Å². The maximum Gasteiger partial charge on any atom is 0.246 e. The van der Waals surface area contributed by atoms with Crippen LogP contribution in [0.1, 0.15) is 12.6 Å². The average molecular weight is 258 g/mol. The van der Waals surface area contributed by atoms with Crippen LogP contribution in [-0.4, -0.2) is 48.2 Å². The Morgan fingerprint density at radius 1 is 1.53 bits per heavy atom. The minimum atomic E-state index is -3.41. The standard InChI is InChI=1S/C10H18N4O2S/c1-8-6-11-4-5-14(8)17(15,16)10-7-12-13(3)9(10)2/h7-8,11H,4-6H2,1-3H3. The summed E-state index contributed by atoms with van der Waals surface area (Å²) >= 11 is 0. The van der Waals surface area contributed by atoms with Crippen LogP contribution in [0.4, 0.5) is 0 Å². The van der Waals surface area contributed by atoms with Crippen molar-refractivity contribution in [2.24, 2.45) is 7.05 Å². The fourth-order valence-electron chi connectivity index (χ4n) is 2.04. The second-order valence-corrected chi connectivity index (χ2v) is 6.25. The van der Waals surface area contributed by atoms with Crippen LogP contribution in [-0.2, 0) is 17.1 Å². The lowest BCUT2D eigenvalue weighted by atomic mass is 10.3. The molecule has 0 spiro atoms. The summed E-state index contributed by atoms with van der Waals surface area (Å²) < 4.78 is 28.1. The SMILES string of the molecule is Cc1c(S(=O)(=O)N2CCNCC2C)cnn1C. The first kappa shape index (κ1) is 12.5. The predicted octanol–water partition coefficient (Wildman–Crippen LogP) is -0.289. The monoisotopic (exact) mass is 258 g/mol. The second kappa shape index (κ2) is 4.40. The highest BCUT2D eigenvalue weighted by atomic mass is 32.2. The largest absolute Gasteiger partial charge is 0.314 e. The maximum atomic E-state index is 12.5. The molecule has 96 valence electrons. The van der Waals surface area contributed by atoms with Crippen molar-refractivity contribution >= 4 is 10.0 Å². The van der Waals surface area contributed by atoms with E-state index < -0.39 is 10.0 Å². The normalized spacial score (nSPS) is 22.9. The van der Waals surface area contributed by atoms with E-state index in [2.05, 4.69) is 10.4 Å². The average Bonchev–Trinajstić information content (AvgIpc) is 2.60. The molecule has 1 fully saturated rings. The first-order valence-corrected chi connectivity index (χ1v) is 7.09. The van der Waals surface area contributed by atoms with Gasteiger partial charge in [-0.15, -0.1) is 0 Å². The molecule has 2 heterocycles. The van der Waals surface area contributed by atoms with Gasteiger partial charge < -0.3 is 5.32 Å². The number of nitrogens with one attached hydrogen (secondary N) is 1. The predicted molar refractivity (Wildman–Crippen MR) is 64.2 cm³/mol. The van der Waals surface area contributed by atoms with Crippen molar-refractivity contribution in [2.45, 2.75) is 24.8 Å². The minimum Gasteiger partial charge on any atom is -0.314 e. The van der Waals surface area contributed by atoms with Crippen LogP contribution in [0.3, 0.4) is 0 Å². The molecule has 1 aliphatic rings. The van der Waals surface area contributed by atoms with Crippen LogP contribution in [0.25, 0.3) is 0 Å². The molecule has 0 saturated carbocycles. The Hall–Kier alpha value is -0.920. The molecule has 1 aromatic heterocycles. The van der Waals surface area contributed by atoms with E-state index >= 15 is 0 Å². The molecule has 1 atom stereocenters. The Morgan fingerprint density at radius 3 is 2.76 bits per heavy atom. The molecule has 1 saturated heterocycles. The maximum absolute atomic E-state index is 12.5. The van der Waals surface area contributed by atoms with Gasteiger partial charge in [0.1, 0.15) is 4.90 Å². The van der Waals surface area contributed by atoms with Crippen LogP contribution < -0.4 is 5.32 Å². The number of sulfonamides is 1. The molecule has 2 rings (SSSR count). The van der Waals surface area contributed by atoms with Crippen LogP contribution in [0.15, 0.2) is 11.1 Å². The Kier molecular flexibility index (Phi) is 3.24. The number of hydrogen-bond donors (Lipinski definition) is 1. The van der Waals surface area contributed by atoms with Crippen molar-refractivity contribution in [1.29, 1.82) is 0 Å². The Labute approximate surface area is 102 Å². The molecule has 17 heavy (non-hydrogen) atoms. The Balaban J connectivity index is 2.39. The third kappa shape index (κ3) is 2.10. The highest BCUT2D eigenvalue weighted by Gasteiger charge is 2.33. The fraction of sp³-hybridized carbons (Fsp3) is 0.700. The van der Waals surface area contributed by atoms with Crippen LogP contribution in [0, 0.1) is 6.92 Å². The number of rotatable bonds is 2. The summed E-state index contributed by atoms with van der Waals surface area (Å²) in [5.74, 6) is 0. The molecule has 1 unspecified atom stereocenters. The van der Waals surface area contributed by atoms with Gasteiger partial charge in [-0.1, -0.05) is 0 Å². The fourth-order valence-corrected chi connectivity index (χ4v) is 3.86. The summed E-state index contributed by atoms with van der Waals surface area (Å²) in [5.41, 5.74) is 0.677. The van der Waals surface area contributed by atoms with Crippen molar-refractivity contribution in [3.63, 3.8) is 0 Å². The summed E-state index contributed by atoms with van der Waals surface area (Å²) in [5, 5.41) is 7.18. The molecule has 1 aliphatic heterocycles. The van der Waals surface area contributed by atoms with E-state index in [0.717, 1.165) is 0 Å².